The Morgan fingerprint density at radius 3 is 1.52 bits per heavy atom. The fourth-order valence-electron chi connectivity index (χ4n) is 1.93. The first kappa shape index (κ1) is 18.1. The molecule has 0 atom stereocenters. The summed E-state index contributed by atoms with van der Waals surface area (Å²) in [5.74, 6) is -5.83. The highest BCUT2D eigenvalue weighted by Crippen LogP contribution is 2.25. The van der Waals surface area contributed by atoms with E-state index in [1.165, 1.54) is 0 Å². The van der Waals surface area contributed by atoms with E-state index in [1.807, 2.05) is 0 Å². The van der Waals surface area contributed by atoms with Crippen LogP contribution in [0, 0.1) is 23.3 Å². The molecule has 3 nitrogen and oxygen atoms in total. The van der Waals surface area contributed by atoms with Crippen LogP contribution in [0.1, 0.15) is 26.3 Å². The third kappa shape index (κ3) is 4.25. The second-order valence-corrected chi connectivity index (χ2v) is 6.69. The highest BCUT2D eigenvalue weighted by molar-refractivity contribution is 6.60. The van der Waals surface area contributed by atoms with Crippen molar-refractivity contribution in [1.82, 2.24) is 0 Å². The Balaban J connectivity index is 3.25. The summed E-state index contributed by atoms with van der Waals surface area (Å²) in [6, 6.07) is -0.311. The summed E-state index contributed by atoms with van der Waals surface area (Å²) in [6.45, 7) is 5.56. The molecule has 0 amide bonds. The molecule has 120 valence electrons. The van der Waals surface area contributed by atoms with Gasteiger partial charge in [0.15, 0.2) is 23.3 Å². The topological polar surface area (TPSA) is 27.7 Å². The number of rotatable bonds is 8. The Kier molecular flexibility index (Phi) is 6.79. The third-order valence-corrected chi connectivity index (χ3v) is 5.66. The van der Waals surface area contributed by atoms with Crippen molar-refractivity contribution in [2.45, 2.75) is 26.8 Å². The van der Waals surface area contributed by atoms with Gasteiger partial charge in [-0.25, -0.2) is 17.6 Å². The van der Waals surface area contributed by atoms with E-state index in [9.17, 15) is 17.6 Å². The second-order valence-electron chi connectivity index (χ2n) is 4.11. The fourth-order valence-corrected chi connectivity index (χ4v) is 4.55. The first-order valence-electron chi connectivity index (χ1n) is 6.64. The average molecular weight is 326 g/mol. The number of benzene rings is 1. The lowest BCUT2D eigenvalue weighted by Crippen LogP contribution is -2.49. The maximum absolute atomic E-state index is 13.8. The van der Waals surface area contributed by atoms with Gasteiger partial charge in [0, 0.05) is 37.5 Å². The molecule has 0 heterocycles. The maximum atomic E-state index is 13.8. The largest absolute Gasteiger partial charge is 0.505 e. The summed E-state index contributed by atoms with van der Waals surface area (Å²) in [5.41, 5.74) is -0.755. The van der Waals surface area contributed by atoms with Crippen LogP contribution in [0.3, 0.4) is 0 Å². The van der Waals surface area contributed by atoms with E-state index in [0.29, 0.717) is 0 Å². The average Bonchev–Trinajstić information content (AvgIpc) is 2.42. The minimum atomic E-state index is -3.46. The molecule has 0 unspecified atom stereocenters. The quantitative estimate of drug-likeness (QED) is 0.416. The fraction of sp³-hybridized carbons (Fsp3) is 0.538. The molecule has 0 saturated heterocycles. The van der Waals surface area contributed by atoms with Crippen molar-refractivity contribution in [3.63, 3.8) is 0 Å². The van der Waals surface area contributed by atoms with Crippen molar-refractivity contribution >= 4 is 8.80 Å². The molecule has 0 N–H and O–H groups in total. The molecular weight excluding hydrogens is 308 g/mol. The van der Waals surface area contributed by atoms with Gasteiger partial charge in [-0.3, -0.25) is 0 Å². The zero-order valence-electron chi connectivity index (χ0n) is 12.1. The van der Waals surface area contributed by atoms with Crippen LogP contribution in [0.2, 0.25) is 0 Å². The molecule has 1 rings (SSSR count). The van der Waals surface area contributed by atoms with Crippen molar-refractivity contribution < 1.29 is 30.8 Å². The van der Waals surface area contributed by atoms with Crippen LogP contribution in [0.4, 0.5) is 17.6 Å². The molecule has 0 aliphatic carbocycles. The third-order valence-electron chi connectivity index (χ3n) is 2.69. The molecule has 0 radical (unpaired) electrons. The number of halogens is 4. The Morgan fingerprint density at radius 2 is 1.19 bits per heavy atom. The molecule has 1 aromatic rings. The van der Waals surface area contributed by atoms with E-state index < -0.39 is 43.7 Å². The van der Waals surface area contributed by atoms with Crippen molar-refractivity contribution in [3.05, 3.63) is 34.9 Å². The van der Waals surface area contributed by atoms with Crippen LogP contribution in [0.25, 0.3) is 0 Å². The van der Waals surface area contributed by atoms with Crippen LogP contribution in [-0.2, 0) is 19.3 Å². The van der Waals surface area contributed by atoms with Gasteiger partial charge in [0.2, 0.25) is 0 Å². The molecule has 0 fully saturated rings. The van der Waals surface area contributed by atoms with Gasteiger partial charge in [-0.1, -0.05) is 0 Å². The molecule has 0 aliphatic rings. The predicted octanol–water partition coefficient (Wildman–Crippen LogP) is 3.37. The number of hydrogen-bond donors (Lipinski definition) is 0. The summed E-state index contributed by atoms with van der Waals surface area (Å²) in [7, 11) is -3.46. The van der Waals surface area contributed by atoms with E-state index >= 15 is 0 Å². The SMILES string of the molecule is CCO[Si](Cc1c(F)c(F)cc(F)c1F)(OCC)OCC. The highest BCUT2D eigenvalue weighted by atomic mass is 28.4. The van der Waals surface area contributed by atoms with Crippen LogP contribution in [-0.4, -0.2) is 28.6 Å². The molecule has 0 bridgehead atoms. The Morgan fingerprint density at radius 1 is 0.810 bits per heavy atom. The summed E-state index contributed by atoms with van der Waals surface area (Å²) in [5, 5.41) is 0. The molecule has 0 aliphatic heterocycles. The van der Waals surface area contributed by atoms with Crippen LogP contribution in [0.5, 0.6) is 0 Å². The van der Waals surface area contributed by atoms with Gasteiger partial charge < -0.3 is 13.3 Å². The molecule has 8 heteroatoms. The minimum absolute atomic E-state index is 0.166. The van der Waals surface area contributed by atoms with Gasteiger partial charge in [-0.15, -0.1) is 0 Å². The molecule has 0 aromatic heterocycles. The standard InChI is InChI=1S/C13H18F4O3Si/c1-4-18-21(19-5-2,20-6-3)8-9-12(16)10(14)7-11(15)13(9)17/h7H,4-6,8H2,1-3H3. The first-order chi connectivity index (χ1) is 9.90. The second kappa shape index (κ2) is 7.88. The van der Waals surface area contributed by atoms with Gasteiger partial charge in [-0.2, -0.15) is 0 Å². The lowest BCUT2D eigenvalue weighted by atomic mass is 10.2. The lowest BCUT2D eigenvalue weighted by Gasteiger charge is -2.28. The Hall–Kier alpha value is -0.963. The molecule has 0 spiro atoms. The molecule has 21 heavy (non-hydrogen) atoms. The number of hydrogen-bond acceptors (Lipinski definition) is 3. The van der Waals surface area contributed by atoms with Crippen LogP contribution >= 0.6 is 0 Å². The van der Waals surface area contributed by atoms with Gasteiger partial charge in [-0.05, 0) is 20.8 Å². The maximum Gasteiger partial charge on any atom is 0.505 e. The minimum Gasteiger partial charge on any atom is -0.374 e. The van der Waals surface area contributed by atoms with E-state index in [4.69, 9.17) is 13.3 Å². The van der Waals surface area contributed by atoms with Crippen molar-refractivity contribution in [3.8, 4) is 0 Å². The Bertz CT molecular complexity index is 442. The van der Waals surface area contributed by atoms with Crippen molar-refractivity contribution in [2.75, 3.05) is 19.8 Å². The Labute approximate surface area is 122 Å². The summed E-state index contributed by atoms with van der Waals surface area (Å²) >= 11 is 0. The van der Waals surface area contributed by atoms with Crippen LogP contribution in [0.15, 0.2) is 6.07 Å². The monoisotopic (exact) mass is 326 g/mol. The first-order valence-corrected chi connectivity index (χ1v) is 8.57. The molecule has 0 saturated carbocycles. The smallest absolute Gasteiger partial charge is 0.374 e. The van der Waals surface area contributed by atoms with E-state index in [2.05, 4.69) is 0 Å². The van der Waals surface area contributed by atoms with Gasteiger partial charge in [0.05, 0.1) is 0 Å². The zero-order chi connectivity index (χ0) is 16.0. The van der Waals surface area contributed by atoms with Gasteiger partial charge >= 0.3 is 8.80 Å². The van der Waals surface area contributed by atoms with Crippen molar-refractivity contribution in [2.24, 2.45) is 0 Å². The van der Waals surface area contributed by atoms with Gasteiger partial charge in [0.1, 0.15) is 0 Å². The van der Waals surface area contributed by atoms with E-state index in [-0.39, 0.29) is 25.9 Å². The molecule has 1 aromatic carbocycles. The summed E-state index contributed by atoms with van der Waals surface area (Å²) < 4.78 is 70.3. The normalized spacial score (nSPS) is 12.0. The van der Waals surface area contributed by atoms with Gasteiger partial charge in [0.25, 0.3) is 0 Å². The van der Waals surface area contributed by atoms with E-state index in [0.717, 1.165) is 0 Å². The highest BCUT2D eigenvalue weighted by Gasteiger charge is 2.43. The van der Waals surface area contributed by atoms with Crippen LogP contribution < -0.4 is 0 Å². The predicted molar refractivity (Wildman–Crippen MR) is 70.6 cm³/mol. The zero-order valence-corrected chi connectivity index (χ0v) is 13.1. The van der Waals surface area contributed by atoms with E-state index in [1.54, 1.807) is 20.8 Å². The summed E-state index contributed by atoms with van der Waals surface area (Å²) in [4.78, 5) is 0. The molecular formula is C13H18F4O3Si. The summed E-state index contributed by atoms with van der Waals surface area (Å²) in [6.07, 6.45) is 0. The van der Waals surface area contributed by atoms with Crippen molar-refractivity contribution in [1.29, 1.82) is 0 Å². The lowest BCUT2D eigenvalue weighted by molar-refractivity contribution is 0.0697.